The molecule has 1 aliphatic heterocycles. The molecule has 23 heavy (non-hydrogen) atoms. The summed E-state index contributed by atoms with van der Waals surface area (Å²) in [5.74, 6) is 1.11. The van der Waals surface area contributed by atoms with Gasteiger partial charge in [0.05, 0.1) is 13.0 Å². The van der Waals surface area contributed by atoms with Gasteiger partial charge in [-0.1, -0.05) is 24.6 Å². The maximum absolute atomic E-state index is 13.0. The summed E-state index contributed by atoms with van der Waals surface area (Å²) in [6.45, 7) is 5.60. The normalized spacial score (nSPS) is 16.0. The van der Waals surface area contributed by atoms with Gasteiger partial charge in [-0.2, -0.15) is 0 Å². The molecule has 3 heteroatoms. The first kappa shape index (κ1) is 17.6. The van der Waals surface area contributed by atoms with Gasteiger partial charge in [-0.3, -0.25) is 4.79 Å². The molecule has 2 rings (SSSR count). The van der Waals surface area contributed by atoms with Crippen molar-refractivity contribution in [3.8, 4) is 5.75 Å². The molecular formula is C20H29NO2. The number of nitrogens with zero attached hydrogens (tertiary/aromatic N) is 1. The van der Waals surface area contributed by atoms with Gasteiger partial charge in [0.15, 0.2) is 0 Å². The number of amides is 1. The van der Waals surface area contributed by atoms with E-state index >= 15 is 0 Å². The zero-order chi connectivity index (χ0) is 16.5. The molecule has 1 heterocycles. The van der Waals surface area contributed by atoms with Crippen molar-refractivity contribution in [3.05, 3.63) is 42.5 Å². The van der Waals surface area contributed by atoms with Crippen LogP contribution in [0.4, 0.5) is 0 Å². The first-order valence-electron chi connectivity index (χ1n) is 8.80. The molecular weight excluding hydrogens is 286 g/mol. The van der Waals surface area contributed by atoms with Crippen LogP contribution in [0.1, 0.15) is 56.4 Å². The monoisotopic (exact) mass is 315 g/mol. The molecule has 1 aliphatic rings. The summed E-state index contributed by atoms with van der Waals surface area (Å²) in [4.78, 5) is 15.1. The lowest BCUT2D eigenvalue weighted by molar-refractivity contribution is -0.133. The van der Waals surface area contributed by atoms with Crippen LogP contribution in [-0.4, -0.2) is 31.0 Å². The number of unbranched alkanes of at least 4 members (excludes halogenated alkanes) is 2. The zero-order valence-corrected chi connectivity index (χ0v) is 14.3. The van der Waals surface area contributed by atoms with Crippen molar-refractivity contribution in [1.82, 2.24) is 4.90 Å². The van der Waals surface area contributed by atoms with Crippen LogP contribution in [0.25, 0.3) is 0 Å². The van der Waals surface area contributed by atoms with Crippen LogP contribution in [0, 0.1) is 0 Å². The molecule has 0 N–H and O–H groups in total. The van der Waals surface area contributed by atoms with Crippen LogP contribution in [0.5, 0.6) is 5.75 Å². The van der Waals surface area contributed by atoms with E-state index < -0.39 is 0 Å². The van der Waals surface area contributed by atoms with E-state index in [2.05, 4.69) is 11.5 Å². The fourth-order valence-corrected chi connectivity index (χ4v) is 3.24. The van der Waals surface area contributed by atoms with Crippen molar-refractivity contribution < 1.29 is 9.53 Å². The molecule has 0 radical (unpaired) electrons. The Labute approximate surface area is 140 Å². The molecule has 0 bridgehead atoms. The number of allylic oxidation sites excluding steroid dienone is 1. The number of hydrogen-bond acceptors (Lipinski definition) is 2. The van der Waals surface area contributed by atoms with Crippen molar-refractivity contribution >= 4 is 5.91 Å². The molecule has 1 unspecified atom stereocenters. The predicted octanol–water partition coefficient (Wildman–Crippen LogP) is 4.54. The van der Waals surface area contributed by atoms with E-state index in [1.54, 1.807) is 7.11 Å². The first-order chi connectivity index (χ1) is 11.3. The van der Waals surface area contributed by atoms with Crippen LogP contribution >= 0.6 is 0 Å². The first-order valence-corrected chi connectivity index (χ1v) is 8.80. The molecule has 3 nitrogen and oxygen atoms in total. The molecule has 1 atom stereocenters. The van der Waals surface area contributed by atoms with Gasteiger partial charge in [0.2, 0.25) is 5.91 Å². The van der Waals surface area contributed by atoms with Gasteiger partial charge in [-0.25, -0.2) is 0 Å². The molecule has 1 fully saturated rings. The van der Waals surface area contributed by atoms with E-state index in [9.17, 15) is 4.79 Å². The minimum Gasteiger partial charge on any atom is -0.497 e. The Bertz CT molecular complexity index is 489. The van der Waals surface area contributed by atoms with Crippen molar-refractivity contribution in [2.75, 3.05) is 20.2 Å². The number of carbonyl (C=O) groups is 1. The van der Waals surface area contributed by atoms with Crippen molar-refractivity contribution in [3.63, 3.8) is 0 Å². The topological polar surface area (TPSA) is 29.5 Å². The number of methoxy groups -OCH3 is 1. The second-order valence-corrected chi connectivity index (χ2v) is 6.28. The fraction of sp³-hybridized carbons (Fsp3) is 0.550. The van der Waals surface area contributed by atoms with Gasteiger partial charge in [-0.15, -0.1) is 6.58 Å². The highest BCUT2D eigenvalue weighted by molar-refractivity contribution is 5.83. The zero-order valence-electron chi connectivity index (χ0n) is 14.3. The van der Waals surface area contributed by atoms with Gasteiger partial charge < -0.3 is 9.64 Å². The smallest absolute Gasteiger partial charge is 0.230 e. The Morgan fingerprint density at radius 3 is 2.52 bits per heavy atom. The Hall–Kier alpha value is -1.77. The molecule has 0 saturated carbocycles. The van der Waals surface area contributed by atoms with Gasteiger partial charge in [0, 0.05) is 13.1 Å². The Morgan fingerprint density at radius 1 is 1.22 bits per heavy atom. The summed E-state index contributed by atoms with van der Waals surface area (Å²) in [6.07, 6.45) is 9.56. The number of piperidine rings is 1. The molecule has 1 amide bonds. The number of rotatable bonds is 8. The lowest BCUT2D eigenvalue weighted by atomic mass is 9.91. The second kappa shape index (κ2) is 9.39. The van der Waals surface area contributed by atoms with Gasteiger partial charge in [0.1, 0.15) is 5.75 Å². The van der Waals surface area contributed by atoms with E-state index in [-0.39, 0.29) is 5.92 Å². The lowest BCUT2D eigenvalue weighted by Gasteiger charge is -2.30. The maximum Gasteiger partial charge on any atom is 0.230 e. The van der Waals surface area contributed by atoms with E-state index in [4.69, 9.17) is 4.74 Å². The quantitative estimate of drug-likeness (QED) is 0.521. The SMILES string of the molecule is C=CCCCCC(C(=O)N1CCCCC1)c1ccc(OC)cc1. The Morgan fingerprint density at radius 2 is 1.91 bits per heavy atom. The van der Waals surface area contributed by atoms with E-state index in [0.29, 0.717) is 5.91 Å². The molecule has 0 aliphatic carbocycles. The van der Waals surface area contributed by atoms with Crippen LogP contribution in [-0.2, 0) is 4.79 Å². The second-order valence-electron chi connectivity index (χ2n) is 6.28. The van der Waals surface area contributed by atoms with Crippen molar-refractivity contribution in [1.29, 1.82) is 0 Å². The van der Waals surface area contributed by atoms with Gasteiger partial charge in [-0.05, 0) is 56.2 Å². The molecule has 0 aromatic heterocycles. The molecule has 1 aromatic rings. The minimum atomic E-state index is -0.0242. The number of carbonyl (C=O) groups excluding carboxylic acids is 1. The van der Waals surface area contributed by atoms with Gasteiger partial charge >= 0.3 is 0 Å². The average molecular weight is 315 g/mol. The van der Waals surface area contributed by atoms with Crippen LogP contribution in [0.2, 0.25) is 0 Å². The molecule has 126 valence electrons. The predicted molar refractivity (Wildman–Crippen MR) is 94.8 cm³/mol. The Kier molecular flexibility index (Phi) is 7.18. The summed E-state index contributed by atoms with van der Waals surface area (Å²) < 4.78 is 5.23. The number of ether oxygens (including phenoxy) is 1. The van der Waals surface area contributed by atoms with Gasteiger partial charge in [0.25, 0.3) is 0 Å². The average Bonchev–Trinajstić information content (AvgIpc) is 2.62. The van der Waals surface area contributed by atoms with E-state index in [1.807, 2.05) is 30.3 Å². The maximum atomic E-state index is 13.0. The van der Waals surface area contributed by atoms with Crippen LogP contribution in [0.3, 0.4) is 0 Å². The highest BCUT2D eigenvalue weighted by atomic mass is 16.5. The number of hydrogen-bond donors (Lipinski definition) is 0. The number of likely N-dealkylation sites (tertiary alicyclic amines) is 1. The largest absolute Gasteiger partial charge is 0.497 e. The molecule has 1 aromatic carbocycles. The lowest BCUT2D eigenvalue weighted by Crippen LogP contribution is -2.38. The summed E-state index contributed by atoms with van der Waals surface area (Å²) >= 11 is 0. The fourth-order valence-electron chi connectivity index (χ4n) is 3.24. The molecule has 0 spiro atoms. The summed E-state index contributed by atoms with van der Waals surface area (Å²) in [6, 6.07) is 7.99. The van der Waals surface area contributed by atoms with E-state index in [0.717, 1.165) is 62.9 Å². The third kappa shape index (κ3) is 5.12. The summed E-state index contributed by atoms with van der Waals surface area (Å²) in [7, 11) is 1.67. The highest BCUT2D eigenvalue weighted by Gasteiger charge is 2.26. The van der Waals surface area contributed by atoms with E-state index in [1.165, 1.54) is 6.42 Å². The van der Waals surface area contributed by atoms with Crippen LogP contribution in [0.15, 0.2) is 36.9 Å². The summed E-state index contributed by atoms with van der Waals surface area (Å²) in [5, 5.41) is 0. The minimum absolute atomic E-state index is 0.0242. The standard InChI is InChI=1S/C20H29NO2/c1-3-4-5-7-10-19(17-11-13-18(23-2)14-12-17)20(22)21-15-8-6-9-16-21/h3,11-14,19H,1,4-10,15-16H2,2H3. The highest BCUT2D eigenvalue weighted by Crippen LogP contribution is 2.28. The Balaban J connectivity index is 2.08. The number of benzene rings is 1. The molecule has 1 saturated heterocycles. The van der Waals surface area contributed by atoms with Crippen molar-refractivity contribution in [2.45, 2.75) is 50.9 Å². The third-order valence-electron chi connectivity index (χ3n) is 4.64. The van der Waals surface area contributed by atoms with Crippen LogP contribution < -0.4 is 4.74 Å². The third-order valence-corrected chi connectivity index (χ3v) is 4.64. The van der Waals surface area contributed by atoms with Crippen molar-refractivity contribution in [2.24, 2.45) is 0 Å². The summed E-state index contributed by atoms with van der Waals surface area (Å²) in [5.41, 5.74) is 1.11.